The molecule has 2 rings (SSSR count). The van der Waals surface area contributed by atoms with Crippen molar-refractivity contribution in [2.24, 2.45) is 0 Å². The molecule has 0 aliphatic carbocycles. The average Bonchev–Trinajstić information content (AvgIpc) is 2.74. The Kier molecular flexibility index (Phi) is 10.1. The summed E-state index contributed by atoms with van der Waals surface area (Å²) in [6.07, 6.45) is 0.790. The molecule has 8 heteroatoms. The normalized spacial score (nSPS) is 12.8. The SMILES string of the molecule is CC[C@H](C)NC(=O)[C@H](C)N(Cc1ccc(F)cc1)C(=O)CSCc1c(Cl)cccc1Cl. The standard InChI is InChI=1S/C23H27Cl2FN2O2S/c1-4-15(2)27-23(30)16(3)28(12-17-8-10-18(26)11-9-17)22(29)14-31-13-19-20(24)6-5-7-21(19)25/h5-11,15-16H,4,12-14H2,1-3H3,(H,27,30)/t15-,16-/m0/s1. The molecular formula is C23H27Cl2FN2O2S. The van der Waals surface area contributed by atoms with Crippen molar-refractivity contribution in [1.29, 1.82) is 0 Å². The first-order chi connectivity index (χ1) is 14.7. The summed E-state index contributed by atoms with van der Waals surface area (Å²) in [5.41, 5.74) is 1.52. The van der Waals surface area contributed by atoms with E-state index < -0.39 is 6.04 Å². The van der Waals surface area contributed by atoms with Crippen molar-refractivity contribution < 1.29 is 14.0 Å². The maximum Gasteiger partial charge on any atom is 0.242 e. The number of nitrogens with one attached hydrogen (secondary N) is 1. The average molecular weight is 485 g/mol. The van der Waals surface area contributed by atoms with E-state index in [2.05, 4.69) is 5.32 Å². The summed E-state index contributed by atoms with van der Waals surface area (Å²) in [5.74, 6) is -0.129. The molecule has 0 heterocycles. The quantitative estimate of drug-likeness (QED) is 0.470. The zero-order valence-corrected chi connectivity index (χ0v) is 20.2. The molecule has 2 atom stereocenters. The van der Waals surface area contributed by atoms with E-state index in [0.29, 0.717) is 15.8 Å². The summed E-state index contributed by atoms with van der Waals surface area (Å²) < 4.78 is 13.3. The number of hydrogen-bond acceptors (Lipinski definition) is 3. The van der Waals surface area contributed by atoms with Gasteiger partial charge in [0.25, 0.3) is 0 Å². The summed E-state index contributed by atoms with van der Waals surface area (Å²) >= 11 is 13.8. The lowest BCUT2D eigenvalue weighted by Crippen LogP contribution is -2.50. The van der Waals surface area contributed by atoms with Crippen LogP contribution in [0.5, 0.6) is 0 Å². The van der Waals surface area contributed by atoms with Crippen LogP contribution in [0, 0.1) is 5.82 Å². The third-order valence-corrected chi connectivity index (χ3v) is 6.62. The van der Waals surface area contributed by atoms with Crippen LogP contribution in [0.15, 0.2) is 42.5 Å². The minimum absolute atomic E-state index is 0.00876. The Labute approximate surface area is 197 Å². The van der Waals surface area contributed by atoms with E-state index in [1.165, 1.54) is 28.8 Å². The topological polar surface area (TPSA) is 49.4 Å². The minimum atomic E-state index is -0.670. The number of nitrogens with zero attached hydrogens (tertiary/aromatic N) is 1. The minimum Gasteiger partial charge on any atom is -0.352 e. The van der Waals surface area contributed by atoms with Gasteiger partial charge in [-0.1, -0.05) is 48.3 Å². The summed E-state index contributed by atoms with van der Waals surface area (Å²) in [7, 11) is 0. The van der Waals surface area contributed by atoms with E-state index in [1.54, 1.807) is 37.3 Å². The Morgan fingerprint density at radius 1 is 1.10 bits per heavy atom. The predicted molar refractivity (Wildman–Crippen MR) is 127 cm³/mol. The first-order valence-corrected chi connectivity index (χ1v) is 12.0. The Bertz CT molecular complexity index is 875. The van der Waals surface area contributed by atoms with Crippen molar-refractivity contribution in [3.05, 3.63) is 69.5 Å². The van der Waals surface area contributed by atoms with Gasteiger partial charge in [-0.05, 0) is 55.7 Å². The second-order valence-corrected chi connectivity index (χ2v) is 9.13. The first kappa shape index (κ1) is 25.5. The van der Waals surface area contributed by atoms with Crippen LogP contribution in [0.1, 0.15) is 38.3 Å². The molecule has 2 aromatic carbocycles. The number of thioether (sulfide) groups is 1. The molecule has 0 bridgehead atoms. The van der Waals surface area contributed by atoms with Crippen molar-refractivity contribution in [2.75, 3.05) is 5.75 Å². The molecule has 4 nitrogen and oxygen atoms in total. The van der Waals surface area contributed by atoms with Crippen LogP contribution in [0.3, 0.4) is 0 Å². The Hall–Kier alpha value is -1.76. The molecule has 0 aliphatic rings. The fraction of sp³-hybridized carbons (Fsp3) is 0.391. The van der Waals surface area contributed by atoms with Gasteiger partial charge in [-0.3, -0.25) is 9.59 Å². The van der Waals surface area contributed by atoms with Crippen LogP contribution >= 0.6 is 35.0 Å². The molecule has 0 radical (unpaired) electrons. The van der Waals surface area contributed by atoms with Crippen LogP contribution < -0.4 is 5.32 Å². The number of carbonyl (C=O) groups excluding carboxylic acids is 2. The zero-order valence-electron chi connectivity index (χ0n) is 17.8. The third kappa shape index (κ3) is 7.70. The molecule has 0 spiro atoms. The van der Waals surface area contributed by atoms with Gasteiger partial charge in [-0.25, -0.2) is 4.39 Å². The molecule has 0 saturated heterocycles. The summed E-state index contributed by atoms with van der Waals surface area (Å²) in [6.45, 7) is 5.81. The van der Waals surface area contributed by atoms with Crippen molar-refractivity contribution in [2.45, 2.75) is 51.6 Å². The lowest BCUT2D eigenvalue weighted by molar-refractivity contribution is -0.138. The lowest BCUT2D eigenvalue weighted by Gasteiger charge is -2.29. The highest BCUT2D eigenvalue weighted by Gasteiger charge is 2.26. The summed E-state index contributed by atoms with van der Waals surface area (Å²) in [5, 5.41) is 4.03. The molecule has 0 saturated carbocycles. The number of halogens is 3. The number of rotatable bonds is 10. The van der Waals surface area contributed by atoms with E-state index in [1.807, 2.05) is 13.8 Å². The maximum atomic E-state index is 13.3. The molecule has 0 aliphatic heterocycles. The van der Waals surface area contributed by atoms with Crippen LogP contribution in [0.4, 0.5) is 4.39 Å². The molecule has 0 unspecified atom stereocenters. The van der Waals surface area contributed by atoms with Gasteiger partial charge in [0, 0.05) is 28.4 Å². The van der Waals surface area contributed by atoms with E-state index in [9.17, 15) is 14.0 Å². The molecule has 168 valence electrons. The number of benzene rings is 2. The number of hydrogen-bond donors (Lipinski definition) is 1. The molecule has 2 amide bonds. The highest BCUT2D eigenvalue weighted by atomic mass is 35.5. The Morgan fingerprint density at radius 3 is 2.29 bits per heavy atom. The van der Waals surface area contributed by atoms with E-state index in [4.69, 9.17) is 23.2 Å². The zero-order chi connectivity index (χ0) is 23.0. The molecule has 31 heavy (non-hydrogen) atoms. The van der Waals surface area contributed by atoms with Crippen molar-refractivity contribution in [1.82, 2.24) is 10.2 Å². The molecule has 1 N–H and O–H groups in total. The summed E-state index contributed by atoms with van der Waals surface area (Å²) in [6, 6.07) is 10.5. The van der Waals surface area contributed by atoms with Gasteiger partial charge in [-0.2, -0.15) is 0 Å². The van der Waals surface area contributed by atoms with Gasteiger partial charge in [0.15, 0.2) is 0 Å². The third-order valence-electron chi connectivity index (χ3n) is 4.97. The van der Waals surface area contributed by atoms with E-state index >= 15 is 0 Å². The van der Waals surface area contributed by atoms with Gasteiger partial charge >= 0.3 is 0 Å². The number of amides is 2. The van der Waals surface area contributed by atoms with Gasteiger partial charge < -0.3 is 10.2 Å². The lowest BCUT2D eigenvalue weighted by atomic mass is 10.1. The monoisotopic (exact) mass is 484 g/mol. The maximum absolute atomic E-state index is 13.3. The molecule has 2 aromatic rings. The summed E-state index contributed by atoms with van der Waals surface area (Å²) in [4.78, 5) is 27.3. The highest BCUT2D eigenvalue weighted by molar-refractivity contribution is 7.99. The molecular weight excluding hydrogens is 458 g/mol. The second kappa shape index (κ2) is 12.3. The molecule has 0 fully saturated rings. The van der Waals surface area contributed by atoms with Crippen molar-refractivity contribution >= 4 is 46.8 Å². The van der Waals surface area contributed by atoms with E-state index in [0.717, 1.165) is 17.5 Å². The van der Waals surface area contributed by atoms with Gasteiger partial charge in [0.1, 0.15) is 11.9 Å². The van der Waals surface area contributed by atoms with Crippen LogP contribution in [-0.4, -0.2) is 34.6 Å². The molecule has 0 aromatic heterocycles. The van der Waals surface area contributed by atoms with Crippen LogP contribution in [0.2, 0.25) is 10.0 Å². The largest absolute Gasteiger partial charge is 0.352 e. The van der Waals surface area contributed by atoms with Gasteiger partial charge in [0.05, 0.1) is 5.75 Å². The number of carbonyl (C=O) groups is 2. The predicted octanol–water partition coefficient (Wildman–Crippen LogP) is 5.70. The Balaban J connectivity index is 2.11. The van der Waals surface area contributed by atoms with Crippen LogP contribution in [0.25, 0.3) is 0 Å². The van der Waals surface area contributed by atoms with Gasteiger partial charge in [-0.15, -0.1) is 11.8 Å². The van der Waals surface area contributed by atoms with Crippen molar-refractivity contribution in [3.8, 4) is 0 Å². The van der Waals surface area contributed by atoms with Gasteiger partial charge in [0.2, 0.25) is 11.8 Å². The Morgan fingerprint density at radius 2 is 1.71 bits per heavy atom. The fourth-order valence-corrected chi connectivity index (χ4v) is 4.48. The first-order valence-electron chi connectivity index (χ1n) is 10.1. The second-order valence-electron chi connectivity index (χ2n) is 7.33. The smallest absolute Gasteiger partial charge is 0.242 e. The van der Waals surface area contributed by atoms with Crippen LogP contribution in [-0.2, 0) is 21.9 Å². The fourth-order valence-electron chi connectivity index (χ4n) is 2.83. The van der Waals surface area contributed by atoms with E-state index in [-0.39, 0.29) is 36.0 Å². The van der Waals surface area contributed by atoms with Crippen molar-refractivity contribution in [3.63, 3.8) is 0 Å². The highest BCUT2D eigenvalue weighted by Crippen LogP contribution is 2.28.